The smallest absolute Gasteiger partial charge is 0.259 e. The Labute approximate surface area is 118 Å². The van der Waals surface area contributed by atoms with Gasteiger partial charge >= 0.3 is 0 Å². The van der Waals surface area contributed by atoms with Gasteiger partial charge in [-0.3, -0.25) is 4.79 Å². The quantitative estimate of drug-likeness (QED) is 0.867. The van der Waals surface area contributed by atoms with E-state index in [0.29, 0.717) is 17.1 Å². The molecule has 4 heteroatoms. The lowest BCUT2D eigenvalue weighted by Crippen LogP contribution is -2.19. The van der Waals surface area contributed by atoms with Crippen molar-refractivity contribution in [3.63, 3.8) is 0 Å². The molecule has 100 valence electrons. The third-order valence-electron chi connectivity index (χ3n) is 2.74. The monoisotopic (exact) mass is 265 g/mol. The summed E-state index contributed by atoms with van der Waals surface area (Å²) in [5, 5.41) is 2.83. The van der Waals surface area contributed by atoms with Gasteiger partial charge in [0.2, 0.25) is 0 Å². The lowest BCUT2D eigenvalue weighted by Gasteiger charge is -2.15. The number of amides is 1. The number of terminal acetylenes is 1. The summed E-state index contributed by atoms with van der Waals surface area (Å²) in [5.41, 5.74) is 1.91. The number of hydrogen-bond donors (Lipinski definition) is 1. The second-order valence-corrected chi connectivity index (χ2v) is 4.45. The molecule has 0 aliphatic carbocycles. The molecule has 0 aliphatic heterocycles. The highest BCUT2D eigenvalue weighted by Crippen LogP contribution is 2.17. The molecule has 2 rings (SSSR count). The van der Waals surface area contributed by atoms with E-state index in [4.69, 9.17) is 6.42 Å². The van der Waals surface area contributed by atoms with Gasteiger partial charge in [0, 0.05) is 31.5 Å². The highest BCUT2D eigenvalue weighted by Gasteiger charge is 2.13. The third kappa shape index (κ3) is 2.96. The molecular weight excluding hydrogens is 250 g/mol. The normalized spacial score (nSPS) is 9.65. The van der Waals surface area contributed by atoms with Gasteiger partial charge in [0.15, 0.2) is 0 Å². The number of rotatable bonds is 3. The van der Waals surface area contributed by atoms with Crippen LogP contribution < -0.4 is 10.2 Å². The van der Waals surface area contributed by atoms with Crippen molar-refractivity contribution in [2.45, 2.75) is 0 Å². The van der Waals surface area contributed by atoms with Crippen molar-refractivity contribution in [3.8, 4) is 12.3 Å². The Morgan fingerprint density at radius 3 is 2.80 bits per heavy atom. The summed E-state index contributed by atoms with van der Waals surface area (Å²) in [5.74, 6) is 2.95. The van der Waals surface area contributed by atoms with E-state index in [9.17, 15) is 4.79 Å². The van der Waals surface area contributed by atoms with Gasteiger partial charge in [0.05, 0.1) is 5.56 Å². The maximum Gasteiger partial charge on any atom is 0.259 e. The zero-order valence-electron chi connectivity index (χ0n) is 11.4. The van der Waals surface area contributed by atoms with Crippen LogP contribution in [0.25, 0.3) is 0 Å². The van der Waals surface area contributed by atoms with E-state index >= 15 is 0 Å². The molecule has 0 bridgehead atoms. The largest absolute Gasteiger partial charge is 0.362 e. The summed E-state index contributed by atoms with van der Waals surface area (Å²) in [6, 6.07) is 10.6. The first kappa shape index (κ1) is 13.6. The van der Waals surface area contributed by atoms with Gasteiger partial charge in [0.1, 0.15) is 5.82 Å². The Bertz CT molecular complexity index is 671. The van der Waals surface area contributed by atoms with E-state index in [1.54, 1.807) is 41.4 Å². The standard InChI is InChI=1S/C16H15N3O/c1-4-12-7-5-8-13(11-12)18-16(20)14-9-6-10-17-15(14)19(2)3/h1,5-11H,2-3H3,(H,18,20). The van der Waals surface area contributed by atoms with E-state index in [2.05, 4.69) is 16.2 Å². The Morgan fingerprint density at radius 2 is 2.10 bits per heavy atom. The lowest BCUT2D eigenvalue weighted by molar-refractivity contribution is 0.102. The summed E-state index contributed by atoms with van der Waals surface area (Å²) in [6.45, 7) is 0. The predicted octanol–water partition coefficient (Wildman–Crippen LogP) is 2.38. The zero-order valence-corrected chi connectivity index (χ0v) is 11.4. The van der Waals surface area contributed by atoms with Crippen LogP contribution in [0.3, 0.4) is 0 Å². The fourth-order valence-corrected chi connectivity index (χ4v) is 1.82. The predicted molar refractivity (Wildman–Crippen MR) is 80.9 cm³/mol. The van der Waals surface area contributed by atoms with Crippen LogP contribution in [-0.4, -0.2) is 25.0 Å². The molecule has 20 heavy (non-hydrogen) atoms. The molecule has 0 atom stereocenters. The maximum atomic E-state index is 12.3. The Hall–Kier alpha value is -2.80. The molecule has 0 saturated carbocycles. The Kier molecular flexibility index (Phi) is 4.02. The number of carbonyl (C=O) groups is 1. The molecule has 4 nitrogen and oxygen atoms in total. The number of benzene rings is 1. The molecule has 2 aromatic rings. The van der Waals surface area contributed by atoms with Crippen molar-refractivity contribution in [2.75, 3.05) is 24.3 Å². The molecule has 0 unspecified atom stereocenters. The number of hydrogen-bond acceptors (Lipinski definition) is 3. The summed E-state index contributed by atoms with van der Waals surface area (Å²) in [7, 11) is 3.69. The number of anilines is 2. The Balaban J connectivity index is 2.27. The average Bonchev–Trinajstić information content (AvgIpc) is 2.47. The third-order valence-corrected chi connectivity index (χ3v) is 2.74. The molecule has 1 aromatic carbocycles. The van der Waals surface area contributed by atoms with Crippen molar-refractivity contribution in [2.24, 2.45) is 0 Å². The van der Waals surface area contributed by atoms with Crippen LogP contribution >= 0.6 is 0 Å². The van der Waals surface area contributed by atoms with Gasteiger partial charge in [-0.1, -0.05) is 12.0 Å². The minimum absolute atomic E-state index is 0.212. The molecule has 1 N–H and O–H groups in total. The molecule has 1 amide bonds. The van der Waals surface area contributed by atoms with Gasteiger partial charge in [-0.2, -0.15) is 0 Å². The van der Waals surface area contributed by atoms with E-state index in [1.807, 2.05) is 20.2 Å². The molecule has 0 fully saturated rings. The summed E-state index contributed by atoms with van der Waals surface area (Å²) in [6.07, 6.45) is 7.00. The van der Waals surface area contributed by atoms with Crippen LogP contribution in [0.4, 0.5) is 11.5 Å². The second-order valence-electron chi connectivity index (χ2n) is 4.45. The first-order valence-electron chi connectivity index (χ1n) is 6.12. The van der Waals surface area contributed by atoms with E-state index < -0.39 is 0 Å². The van der Waals surface area contributed by atoms with Crippen molar-refractivity contribution in [1.82, 2.24) is 4.98 Å². The molecule has 1 heterocycles. The van der Waals surface area contributed by atoms with E-state index in [-0.39, 0.29) is 5.91 Å². The molecule has 0 saturated heterocycles. The number of nitrogens with zero attached hydrogens (tertiary/aromatic N) is 2. The van der Waals surface area contributed by atoms with Gasteiger partial charge in [-0.05, 0) is 30.3 Å². The van der Waals surface area contributed by atoms with Crippen LogP contribution in [0.15, 0.2) is 42.6 Å². The fourth-order valence-electron chi connectivity index (χ4n) is 1.82. The van der Waals surface area contributed by atoms with Crippen molar-refractivity contribution in [1.29, 1.82) is 0 Å². The minimum Gasteiger partial charge on any atom is -0.362 e. The summed E-state index contributed by atoms with van der Waals surface area (Å²) >= 11 is 0. The number of aromatic nitrogens is 1. The molecule has 1 aromatic heterocycles. The molecular formula is C16H15N3O. The SMILES string of the molecule is C#Cc1cccc(NC(=O)c2cccnc2N(C)C)c1. The summed E-state index contributed by atoms with van der Waals surface area (Å²) < 4.78 is 0. The fraction of sp³-hybridized carbons (Fsp3) is 0.125. The van der Waals surface area contributed by atoms with Crippen LogP contribution in [0.5, 0.6) is 0 Å². The topological polar surface area (TPSA) is 45.2 Å². The average molecular weight is 265 g/mol. The lowest BCUT2D eigenvalue weighted by atomic mass is 10.2. The second kappa shape index (κ2) is 5.89. The minimum atomic E-state index is -0.212. The van der Waals surface area contributed by atoms with Gasteiger partial charge in [-0.25, -0.2) is 4.98 Å². The number of carbonyl (C=O) groups excluding carboxylic acids is 1. The molecule has 0 aliphatic rings. The van der Waals surface area contributed by atoms with Crippen LogP contribution in [-0.2, 0) is 0 Å². The van der Waals surface area contributed by atoms with Crippen LogP contribution in [0, 0.1) is 12.3 Å². The van der Waals surface area contributed by atoms with Crippen LogP contribution in [0.2, 0.25) is 0 Å². The highest BCUT2D eigenvalue weighted by molar-refractivity contribution is 6.07. The van der Waals surface area contributed by atoms with Crippen molar-refractivity contribution >= 4 is 17.4 Å². The first-order valence-corrected chi connectivity index (χ1v) is 6.12. The van der Waals surface area contributed by atoms with Crippen molar-refractivity contribution in [3.05, 3.63) is 53.7 Å². The van der Waals surface area contributed by atoms with E-state index in [1.165, 1.54) is 0 Å². The highest BCUT2D eigenvalue weighted by atomic mass is 16.1. The zero-order chi connectivity index (χ0) is 14.5. The van der Waals surface area contributed by atoms with Crippen LogP contribution in [0.1, 0.15) is 15.9 Å². The van der Waals surface area contributed by atoms with E-state index in [0.717, 1.165) is 5.56 Å². The Morgan fingerprint density at radius 1 is 1.30 bits per heavy atom. The van der Waals surface area contributed by atoms with Gasteiger partial charge < -0.3 is 10.2 Å². The summed E-state index contributed by atoms with van der Waals surface area (Å²) in [4.78, 5) is 18.3. The number of nitrogens with one attached hydrogen (secondary N) is 1. The maximum absolute atomic E-state index is 12.3. The molecule has 0 radical (unpaired) electrons. The van der Waals surface area contributed by atoms with Gasteiger partial charge in [0.25, 0.3) is 5.91 Å². The van der Waals surface area contributed by atoms with Crippen molar-refractivity contribution < 1.29 is 4.79 Å². The molecule has 0 spiro atoms. The van der Waals surface area contributed by atoms with Gasteiger partial charge in [-0.15, -0.1) is 6.42 Å². The first-order chi connectivity index (χ1) is 9.61. The number of pyridine rings is 1.